The molecule has 1 saturated carbocycles. The van der Waals surface area contributed by atoms with E-state index < -0.39 is 10.0 Å². The van der Waals surface area contributed by atoms with Gasteiger partial charge in [-0.25, -0.2) is 8.42 Å². The maximum atomic E-state index is 12.3. The van der Waals surface area contributed by atoms with E-state index in [1.165, 1.54) is 44.2 Å². The Morgan fingerprint density at radius 1 is 0.923 bits per heavy atom. The van der Waals surface area contributed by atoms with Crippen molar-refractivity contribution in [1.82, 2.24) is 5.32 Å². The zero-order chi connectivity index (χ0) is 18.4. The van der Waals surface area contributed by atoms with Crippen LogP contribution in [-0.4, -0.2) is 20.9 Å². The summed E-state index contributed by atoms with van der Waals surface area (Å²) in [6.45, 7) is 0.710. The van der Waals surface area contributed by atoms with E-state index in [0.29, 0.717) is 23.7 Å². The van der Waals surface area contributed by atoms with E-state index in [1.807, 2.05) is 0 Å². The lowest BCUT2D eigenvalue weighted by molar-refractivity contribution is 0.0943. The van der Waals surface area contributed by atoms with Crippen molar-refractivity contribution in [3.63, 3.8) is 0 Å². The van der Waals surface area contributed by atoms with E-state index in [0.717, 1.165) is 0 Å². The lowest BCUT2D eigenvalue weighted by Crippen LogP contribution is -2.30. The van der Waals surface area contributed by atoms with Gasteiger partial charge < -0.3 is 5.32 Å². The molecule has 3 rings (SSSR count). The molecule has 2 aromatic carbocycles. The summed E-state index contributed by atoms with van der Waals surface area (Å²) >= 11 is 0. The Kier molecular flexibility index (Phi) is 5.93. The van der Waals surface area contributed by atoms with Crippen LogP contribution in [0.1, 0.15) is 42.5 Å². The van der Waals surface area contributed by atoms with E-state index in [1.54, 1.807) is 42.5 Å². The molecule has 0 aliphatic heterocycles. The van der Waals surface area contributed by atoms with E-state index in [4.69, 9.17) is 0 Å². The molecule has 1 fully saturated rings. The number of hydrogen-bond donors (Lipinski definition) is 2. The summed E-state index contributed by atoms with van der Waals surface area (Å²) in [7, 11) is -3.62. The molecule has 6 heteroatoms. The van der Waals surface area contributed by atoms with Crippen molar-refractivity contribution < 1.29 is 13.2 Å². The minimum atomic E-state index is -3.62. The van der Waals surface area contributed by atoms with Gasteiger partial charge in [0.05, 0.1) is 4.90 Å². The van der Waals surface area contributed by atoms with Crippen molar-refractivity contribution in [1.29, 1.82) is 0 Å². The number of benzene rings is 2. The Morgan fingerprint density at radius 2 is 1.58 bits per heavy atom. The zero-order valence-corrected chi connectivity index (χ0v) is 15.5. The van der Waals surface area contributed by atoms with Gasteiger partial charge in [-0.3, -0.25) is 9.52 Å². The van der Waals surface area contributed by atoms with Gasteiger partial charge in [0.1, 0.15) is 0 Å². The topological polar surface area (TPSA) is 75.3 Å². The molecule has 1 amide bonds. The van der Waals surface area contributed by atoms with Gasteiger partial charge in [-0.05, 0) is 55.2 Å². The molecule has 0 radical (unpaired) electrons. The second-order valence-corrected chi connectivity index (χ2v) is 8.39. The lowest BCUT2D eigenvalue weighted by atomic mass is 9.89. The van der Waals surface area contributed by atoms with Crippen molar-refractivity contribution in [3.8, 4) is 0 Å². The van der Waals surface area contributed by atoms with Crippen molar-refractivity contribution in [2.45, 2.75) is 37.0 Å². The summed E-state index contributed by atoms with van der Waals surface area (Å²) in [6, 6.07) is 14.7. The minimum absolute atomic E-state index is 0.118. The SMILES string of the molecule is O=C(NCC1CCCCC1)c1ccc(NS(=O)(=O)c2ccccc2)cc1. The third-order valence-corrected chi connectivity index (χ3v) is 6.13. The van der Waals surface area contributed by atoms with Crippen LogP contribution in [0.4, 0.5) is 5.69 Å². The van der Waals surface area contributed by atoms with Crippen LogP contribution >= 0.6 is 0 Å². The average molecular weight is 372 g/mol. The third-order valence-electron chi connectivity index (χ3n) is 4.73. The molecule has 0 spiro atoms. The van der Waals surface area contributed by atoms with Gasteiger partial charge >= 0.3 is 0 Å². The Morgan fingerprint density at radius 3 is 2.23 bits per heavy atom. The fourth-order valence-electron chi connectivity index (χ4n) is 3.23. The standard InChI is InChI=1S/C20H24N2O3S/c23-20(21-15-16-7-3-1-4-8-16)17-11-13-18(14-12-17)22-26(24,25)19-9-5-2-6-10-19/h2,5-6,9-14,16,22H,1,3-4,7-8,15H2,(H,21,23). The molecule has 26 heavy (non-hydrogen) atoms. The summed E-state index contributed by atoms with van der Waals surface area (Å²) in [4.78, 5) is 12.5. The maximum Gasteiger partial charge on any atom is 0.261 e. The number of nitrogens with one attached hydrogen (secondary N) is 2. The number of anilines is 1. The fourth-order valence-corrected chi connectivity index (χ4v) is 4.31. The van der Waals surface area contributed by atoms with Crippen LogP contribution in [0.15, 0.2) is 59.5 Å². The monoisotopic (exact) mass is 372 g/mol. The summed E-state index contributed by atoms with van der Waals surface area (Å²) < 4.78 is 27.1. The Balaban J connectivity index is 1.58. The molecular weight excluding hydrogens is 348 g/mol. The highest BCUT2D eigenvalue weighted by molar-refractivity contribution is 7.92. The van der Waals surface area contributed by atoms with Crippen molar-refractivity contribution >= 4 is 21.6 Å². The highest BCUT2D eigenvalue weighted by Gasteiger charge is 2.16. The Bertz CT molecular complexity index is 827. The molecule has 0 heterocycles. The molecule has 0 atom stereocenters. The van der Waals surface area contributed by atoms with Gasteiger partial charge in [-0.15, -0.1) is 0 Å². The van der Waals surface area contributed by atoms with Crippen LogP contribution in [0.5, 0.6) is 0 Å². The number of carbonyl (C=O) groups is 1. The second-order valence-electron chi connectivity index (χ2n) is 6.71. The smallest absolute Gasteiger partial charge is 0.261 e. The van der Waals surface area contributed by atoms with Crippen LogP contribution in [0.25, 0.3) is 0 Å². The van der Waals surface area contributed by atoms with E-state index in [9.17, 15) is 13.2 Å². The predicted octanol–water partition coefficient (Wildman–Crippen LogP) is 3.80. The zero-order valence-electron chi connectivity index (χ0n) is 14.6. The first kappa shape index (κ1) is 18.5. The predicted molar refractivity (Wildman–Crippen MR) is 103 cm³/mol. The molecule has 0 saturated heterocycles. The average Bonchev–Trinajstić information content (AvgIpc) is 2.68. The molecule has 0 unspecified atom stereocenters. The quantitative estimate of drug-likeness (QED) is 0.810. The Hall–Kier alpha value is -2.34. The van der Waals surface area contributed by atoms with Crippen molar-refractivity contribution in [3.05, 3.63) is 60.2 Å². The van der Waals surface area contributed by atoms with E-state index in [2.05, 4.69) is 10.0 Å². The van der Waals surface area contributed by atoms with Gasteiger partial charge in [0, 0.05) is 17.8 Å². The second kappa shape index (κ2) is 8.36. The summed E-state index contributed by atoms with van der Waals surface area (Å²) in [6.07, 6.45) is 6.15. The molecule has 138 valence electrons. The van der Waals surface area contributed by atoms with Gasteiger partial charge in [0.25, 0.3) is 15.9 Å². The normalized spacial score (nSPS) is 15.4. The number of rotatable bonds is 6. The number of sulfonamides is 1. The fraction of sp³-hybridized carbons (Fsp3) is 0.350. The van der Waals surface area contributed by atoms with Gasteiger partial charge in [0.2, 0.25) is 0 Å². The van der Waals surface area contributed by atoms with Gasteiger partial charge in [-0.2, -0.15) is 0 Å². The first-order valence-corrected chi connectivity index (χ1v) is 10.5. The molecule has 5 nitrogen and oxygen atoms in total. The summed E-state index contributed by atoms with van der Waals surface area (Å²) in [5, 5.41) is 2.98. The number of carbonyl (C=O) groups excluding carboxylic acids is 1. The highest BCUT2D eigenvalue weighted by atomic mass is 32.2. The third kappa shape index (κ3) is 4.85. The van der Waals surface area contributed by atoms with Crippen molar-refractivity contribution in [2.75, 3.05) is 11.3 Å². The van der Waals surface area contributed by atoms with Gasteiger partial charge in [0.15, 0.2) is 0 Å². The molecular formula is C20H24N2O3S. The first-order valence-electron chi connectivity index (χ1n) is 9.01. The van der Waals surface area contributed by atoms with Crippen LogP contribution in [0.2, 0.25) is 0 Å². The summed E-state index contributed by atoms with van der Waals surface area (Å²) in [5.41, 5.74) is 0.959. The molecule has 1 aliphatic carbocycles. The van der Waals surface area contributed by atoms with Crippen LogP contribution in [0, 0.1) is 5.92 Å². The van der Waals surface area contributed by atoms with E-state index in [-0.39, 0.29) is 10.8 Å². The van der Waals surface area contributed by atoms with Gasteiger partial charge in [-0.1, -0.05) is 37.5 Å². The molecule has 2 N–H and O–H groups in total. The van der Waals surface area contributed by atoms with Crippen LogP contribution in [-0.2, 0) is 10.0 Å². The molecule has 0 bridgehead atoms. The molecule has 2 aromatic rings. The lowest BCUT2D eigenvalue weighted by Gasteiger charge is -2.21. The Labute approximate surface area is 154 Å². The largest absolute Gasteiger partial charge is 0.352 e. The number of hydrogen-bond acceptors (Lipinski definition) is 3. The first-order chi connectivity index (χ1) is 12.5. The van der Waals surface area contributed by atoms with E-state index >= 15 is 0 Å². The van der Waals surface area contributed by atoms with Crippen molar-refractivity contribution in [2.24, 2.45) is 5.92 Å². The number of amides is 1. The maximum absolute atomic E-state index is 12.3. The molecule has 1 aliphatic rings. The molecule has 0 aromatic heterocycles. The van der Waals surface area contributed by atoms with Crippen LogP contribution < -0.4 is 10.0 Å². The highest BCUT2D eigenvalue weighted by Crippen LogP contribution is 2.23. The minimum Gasteiger partial charge on any atom is -0.352 e. The van der Waals surface area contributed by atoms with Crippen LogP contribution in [0.3, 0.4) is 0 Å². The summed E-state index contributed by atoms with van der Waals surface area (Å²) in [5.74, 6) is 0.456.